The number of nitrogens with zero attached hydrogens (tertiary/aromatic N) is 1. The number of likely N-dealkylation sites (N-methyl/N-ethyl adjacent to an activating group) is 1. The minimum atomic E-state index is -0.648. The summed E-state index contributed by atoms with van der Waals surface area (Å²) in [5.74, 6) is 0.259. The zero-order valence-corrected chi connectivity index (χ0v) is 5.84. The summed E-state index contributed by atoms with van der Waals surface area (Å²) in [4.78, 5) is 10.8. The Bertz CT molecular complexity index is 178. The Balaban J connectivity index is 2.42. The van der Waals surface area contributed by atoms with Gasteiger partial charge in [-0.1, -0.05) is 0 Å². The van der Waals surface area contributed by atoms with Crippen molar-refractivity contribution in [2.45, 2.75) is 13.2 Å². The molecule has 1 aliphatic heterocycles. The summed E-state index contributed by atoms with van der Waals surface area (Å²) < 4.78 is 4.94. The number of rotatable bonds is 1. The molecule has 1 rings (SSSR count). The third-order valence-electron chi connectivity index (χ3n) is 1.11. The highest BCUT2D eigenvalue weighted by Gasteiger charge is 2.22. The lowest BCUT2D eigenvalue weighted by Crippen LogP contribution is -2.39. The van der Waals surface area contributed by atoms with Crippen molar-refractivity contribution in [1.29, 1.82) is 0 Å². The number of ether oxygens (including phenoxy) is 1. The van der Waals surface area contributed by atoms with E-state index in [1.54, 1.807) is 14.0 Å². The molecule has 0 aromatic carbocycles. The van der Waals surface area contributed by atoms with Crippen LogP contribution in [0.15, 0.2) is 5.10 Å². The van der Waals surface area contributed by atoms with Gasteiger partial charge in [-0.2, -0.15) is 0 Å². The summed E-state index contributed by atoms with van der Waals surface area (Å²) in [6.45, 7) is 1.68. The molecule has 1 unspecified atom stereocenters. The summed E-state index contributed by atoms with van der Waals surface area (Å²) in [5.41, 5.74) is 2.51. The third kappa shape index (κ3) is 1.18. The van der Waals surface area contributed by atoms with Crippen LogP contribution in [0.2, 0.25) is 0 Å². The maximum Gasteiger partial charge on any atom is 0.283 e. The lowest BCUT2D eigenvalue weighted by Gasteiger charge is -2.06. The lowest BCUT2D eigenvalue weighted by molar-refractivity contribution is -0.128. The maximum atomic E-state index is 10.8. The van der Waals surface area contributed by atoms with Crippen molar-refractivity contribution in [3.8, 4) is 0 Å². The molecule has 0 bridgehead atoms. The smallest absolute Gasteiger partial charge is 0.283 e. The Morgan fingerprint density at radius 1 is 1.90 bits per heavy atom. The molecule has 0 aliphatic carbocycles. The summed E-state index contributed by atoms with van der Waals surface area (Å²) in [6, 6.07) is 0. The van der Waals surface area contributed by atoms with Gasteiger partial charge in [0.05, 0.1) is 0 Å². The molecule has 1 atom stereocenters. The zero-order chi connectivity index (χ0) is 7.56. The van der Waals surface area contributed by atoms with Crippen LogP contribution in [0, 0.1) is 0 Å². The van der Waals surface area contributed by atoms with Crippen LogP contribution in [0.1, 0.15) is 6.92 Å². The summed E-state index contributed by atoms with van der Waals surface area (Å²) in [5, 5.41) is 6.10. The quantitative estimate of drug-likeness (QED) is 0.495. The van der Waals surface area contributed by atoms with Crippen LogP contribution in [0.3, 0.4) is 0 Å². The van der Waals surface area contributed by atoms with Crippen molar-refractivity contribution < 1.29 is 9.53 Å². The topological polar surface area (TPSA) is 62.7 Å². The van der Waals surface area contributed by atoms with Crippen LogP contribution < -0.4 is 10.7 Å². The molecule has 0 fully saturated rings. The monoisotopic (exact) mass is 143 g/mol. The predicted molar refractivity (Wildman–Crippen MR) is 35.2 cm³/mol. The number of amides is 1. The molecular formula is C5H9N3O2. The first-order chi connectivity index (χ1) is 4.74. The van der Waals surface area contributed by atoms with Gasteiger partial charge in [0.25, 0.3) is 12.1 Å². The highest BCUT2D eigenvalue weighted by Crippen LogP contribution is 1.97. The van der Waals surface area contributed by atoms with Gasteiger partial charge in [0, 0.05) is 14.0 Å². The van der Waals surface area contributed by atoms with Crippen LogP contribution in [0.25, 0.3) is 0 Å². The number of nitrogens with one attached hydrogen (secondary N) is 2. The Labute approximate surface area is 58.4 Å². The van der Waals surface area contributed by atoms with E-state index >= 15 is 0 Å². The average Bonchev–Trinajstić information content (AvgIpc) is 2.34. The van der Waals surface area contributed by atoms with E-state index in [0.717, 1.165) is 0 Å². The standard InChI is InChI=1S/C5H9N3O2/c1-3-7-8-5(10-3)4(9)6-2/h5,8H,1-2H3,(H,6,9). The van der Waals surface area contributed by atoms with E-state index in [1.165, 1.54) is 0 Å². The van der Waals surface area contributed by atoms with Crippen LogP contribution in [-0.4, -0.2) is 25.1 Å². The van der Waals surface area contributed by atoms with Crippen molar-refractivity contribution >= 4 is 11.8 Å². The van der Waals surface area contributed by atoms with E-state index < -0.39 is 6.23 Å². The second-order valence-corrected chi connectivity index (χ2v) is 1.87. The molecular weight excluding hydrogens is 134 g/mol. The Hall–Kier alpha value is -1.26. The Morgan fingerprint density at radius 2 is 2.60 bits per heavy atom. The van der Waals surface area contributed by atoms with Crippen LogP contribution in [-0.2, 0) is 9.53 Å². The molecule has 0 aromatic rings. The molecule has 10 heavy (non-hydrogen) atoms. The molecule has 0 saturated carbocycles. The molecule has 0 radical (unpaired) electrons. The van der Waals surface area contributed by atoms with Crippen molar-refractivity contribution in [3.63, 3.8) is 0 Å². The first-order valence-corrected chi connectivity index (χ1v) is 2.92. The van der Waals surface area contributed by atoms with Gasteiger partial charge in [-0.3, -0.25) is 10.2 Å². The number of hydrogen-bond donors (Lipinski definition) is 2. The van der Waals surface area contributed by atoms with Gasteiger partial charge >= 0.3 is 0 Å². The molecule has 1 aliphatic rings. The van der Waals surface area contributed by atoms with Gasteiger partial charge in [0.1, 0.15) is 0 Å². The highest BCUT2D eigenvalue weighted by molar-refractivity contribution is 5.85. The predicted octanol–water partition coefficient (Wildman–Crippen LogP) is -0.988. The molecule has 56 valence electrons. The summed E-state index contributed by atoms with van der Waals surface area (Å²) >= 11 is 0. The molecule has 0 aromatic heterocycles. The van der Waals surface area contributed by atoms with Gasteiger partial charge < -0.3 is 10.1 Å². The second-order valence-electron chi connectivity index (χ2n) is 1.87. The average molecular weight is 143 g/mol. The van der Waals surface area contributed by atoms with Gasteiger partial charge in [-0.05, 0) is 0 Å². The number of hydrogen-bond acceptors (Lipinski definition) is 4. The van der Waals surface area contributed by atoms with E-state index in [9.17, 15) is 4.79 Å². The molecule has 1 heterocycles. The minimum Gasteiger partial charge on any atom is -0.445 e. The van der Waals surface area contributed by atoms with Crippen molar-refractivity contribution in [2.75, 3.05) is 7.05 Å². The number of hydrazone groups is 1. The lowest BCUT2D eigenvalue weighted by atomic mass is 10.5. The van der Waals surface area contributed by atoms with Crippen molar-refractivity contribution in [1.82, 2.24) is 10.7 Å². The van der Waals surface area contributed by atoms with Crippen LogP contribution in [0.4, 0.5) is 0 Å². The fourth-order valence-corrected chi connectivity index (χ4v) is 0.616. The third-order valence-corrected chi connectivity index (χ3v) is 1.11. The van der Waals surface area contributed by atoms with Crippen molar-refractivity contribution in [2.24, 2.45) is 5.10 Å². The first-order valence-electron chi connectivity index (χ1n) is 2.92. The van der Waals surface area contributed by atoms with E-state index in [4.69, 9.17) is 4.74 Å². The number of carbonyl (C=O) groups is 1. The first kappa shape index (κ1) is 6.85. The molecule has 0 saturated heterocycles. The van der Waals surface area contributed by atoms with E-state index in [0.29, 0.717) is 5.90 Å². The van der Waals surface area contributed by atoms with Crippen molar-refractivity contribution in [3.05, 3.63) is 0 Å². The fraction of sp³-hybridized carbons (Fsp3) is 0.600. The normalized spacial score (nSPS) is 22.6. The van der Waals surface area contributed by atoms with E-state index in [2.05, 4.69) is 15.8 Å². The SMILES string of the molecule is CNC(=O)C1NN=C(C)O1. The van der Waals surface area contributed by atoms with E-state index in [-0.39, 0.29) is 5.91 Å². The molecule has 5 heteroatoms. The second kappa shape index (κ2) is 2.55. The van der Waals surface area contributed by atoms with Crippen LogP contribution >= 0.6 is 0 Å². The Morgan fingerprint density at radius 3 is 3.00 bits per heavy atom. The Kier molecular flexibility index (Phi) is 1.75. The summed E-state index contributed by atoms with van der Waals surface area (Å²) in [6.07, 6.45) is -0.648. The van der Waals surface area contributed by atoms with Gasteiger partial charge in [-0.15, -0.1) is 5.10 Å². The fourth-order valence-electron chi connectivity index (χ4n) is 0.616. The largest absolute Gasteiger partial charge is 0.445 e. The highest BCUT2D eigenvalue weighted by atomic mass is 16.5. The van der Waals surface area contributed by atoms with Gasteiger partial charge in [0.2, 0.25) is 5.90 Å². The molecule has 0 spiro atoms. The number of carbonyl (C=O) groups excluding carboxylic acids is 1. The molecule has 5 nitrogen and oxygen atoms in total. The summed E-state index contributed by atoms with van der Waals surface area (Å²) in [7, 11) is 1.54. The maximum absolute atomic E-state index is 10.8. The van der Waals surface area contributed by atoms with E-state index in [1.807, 2.05) is 0 Å². The minimum absolute atomic E-state index is 0.222. The molecule has 2 N–H and O–H groups in total. The molecule has 1 amide bonds. The zero-order valence-electron chi connectivity index (χ0n) is 5.84. The van der Waals surface area contributed by atoms with Gasteiger partial charge in [-0.25, -0.2) is 0 Å². The van der Waals surface area contributed by atoms with Crippen LogP contribution in [0.5, 0.6) is 0 Å². The van der Waals surface area contributed by atoms with Gasteiger partial charge in [0.15, 0.2) is 0 Å².